The quantitative estimate of drug-likeness (QED) is 0.311. The highest BCUT2D eigenvalue weighted by Crippen LogP contribution is 2.61. The molecule has 0 bridgehead atoms. The summed E-state index contributed by atoms with van der Waals surface area (Å²) in [4.78, 5) is 0.639. The second-order valence-electron chi connectivity index (χ2n) is 6.77. The Hall–Kier alpha value is -2.46. The topological polar surface area (TPSA) is 12.9 Å². The molecule has 0 saturated heterocycles. The Morgan fingerprint density at radius 3 is 0.658 bits per heavy atom. The van der Waals surface area contributed by atoms with Gasteiger partial charge in [-0.15, -0.1) is 0 Å². The molecule has 38 heavy (non-hydrogen) atoms. The lowest BCUT2D eigenvalue weighted by atomic mass is 9.86. The Bertz CT molecular complexity index is 939. The first-order valence-corrected chi connectivity index (χ1v) is 8.04. The van der Waals surface area contributed by atoms with Crippen LogP contribution in [0.2, 0.25) is 0 Å². The first-order chi connectivity index (χ1) is 16.2. The van der Waals surface area contributed by atoms with Crippen molar-refractivity contribution in [1.82, 2.24) is 4.98 Å². The highest BCUT2D eigenvalue weighted by Gasteiger charge is 2.81. The smallest absolute Gasteiger partial charge is 0.243 e. The predicted molar refractivity (Wildman–Crippen MR) is 68.8 cm³/mol. The predicted octanol–water partition coefficient (Wildman–Crippen LogP) is 8.23. The fraction of sp³-hybridized carbons (Fsp3) is 0.643. The standard InChI is InChI=1S/C14F23N/c15-2-1(6(17,9(20,21)22)10(23,24)25)3(16)5(8(19,13(32,33)34)14(35,36)37)38-4(2)7(18,11(26,27)28)12(29,30)31. The molecule has 24 heteroatoms. The molecule has 0 fully saturated rings. The van der Waals surface area contributed by atoms with E-state index >= 15 is 0 Å². The number of rotatable bonds is 3. The molecular formula is C14F23N. The summed E-state index contributed by atoms with van der Waals surface area (Å²) in [7, 11) is 0. The van der Waals surface area contributed by atoms with Crippen LogP contribution in [0, 0.1) is 11.6 Å². The van der Waals surface area contributed by atoms with Crippen LogP contribution in [-0.4, -0.2) is 42.0 Å². The molecule has 0 unspecified atom stereocenters. The van der Waals surface area contributed by atoms with Crippen molar-refractivity contribution < 1.29 is 101 Å². The fourth-order valence-electron chi connectivity index (χ4n) is 2.60. The molecule has 1 aromatic rings. The monoisotopic (exact) mass is 619 g/mol. The van der Waals surface area contributed by atoms with Crippen molar-refractivity contribution in [2.24, 2.45) is 0 Å². The van der Waals surface area contributed by atoms with E-state index in [0.29, 0.717) is 4.98 Å². The minimum Gasteiger partial charge on any atom is -0.243 e. The maximum Gasteiger partial charge on any atom is 0.437 e. The molecular weight excluding hydrogens is 619 g/mol. The van der Waals surface area contributed by atoms with Gasteiger partial charge in [0, 0.05) is 0 Å². The SMILES string of the molecule is Fc1c(C(F)(C(F)(F)F)C(F)(F)F)nc(C(F)(C(F)(F)F)C(F)(F)F)c(F)c1C(F)(C(F)(F)F)C(F)(F)F. The van der Waals surface area contributed by atoms with Gasteiger partial charge in [-0.1, -0.05) is 0 Å². The van der Waals surface area contributed by atoms with Crippen LogP contribution in [0.4, 0.5) is 101 Å². The maximum atomic E-state index is 14.3. The van der Waals surface area contributed by atoms with E-state index in [4.69, 9.17) is 0 Å². The van der Waals surface area contributed by atoms with E-state index in [2.05, 4.69) is 0 Å². The molecule has 0 amide bonds. The lowest BCUT2D eigenvalue weighted by Crippen LogP contribution is -2.57. The van der Waals surface area contributed by atoms with Crippen LogP contribution < -0.4 is 0 Å². The molecule has 0 aromatic carbocycles. The van der Waals surface area contributed by atoms with Gasteiger partial charge in [0.1, 0.15) is 11.4 Å². The molecule has 1 heterocycles. The summed E-state index contributed by atoms with van der Waals surface area (Å²) < 4.78 is 303. The molecule has 0 N–H and O–H groups in total. The van der Waals surface area contributed by atoms with Gasteiger partial charge < -0.3 is 0 Å². The van der Waals surface area contributed by atoms with E-state index in [1.807, 2.05) is 0 Å². The van der Waals surface area contributed by atoms with E-state index in [-0.39, 0.29) is 0 Å². The van der Waals surface area contributed by atoms with Crippen molar-refractivity contribution in [2.45, 2.75) is 54.1 Å². The molecule has 0 radical (unpaired) electrons. The number of nitrogens with zero attached hydrogens (tertiary/aromatic N) is 1. The van der Waals surface area contributed by atoms with Crippen LogP contribution in [-0.2, 0) is 17.0 Å². The average molecular weight is 619 g/mol. The van der Waals surface area contributed by atoms with Crippen LogP contribution >= 0.6 is 0 Å². The van der Waals surface area contributed by atoms with Crippen LogP contribution in [0.15, 0.2) is 0 Å². The van der Waals surface area contributed by atoms with Crippen LogP contribution in [0.1, 0.15) is 17.0 Å². The molecule has 1 rings (SSSR count). The van der Waals surface area contributed by atoms with Crippen LogP contribution in [0.5, 0.6) is 0 Å². The van der Waals surface area contributed by atoms with Gasteiger partial charge in [0.25, 0.3) is 0 Å². The zero-order valence-electron chi connectivity index (χ0n) is 16.1. The number of alkyl halides is 21. The van der Waals surface area contributed by atoms with Gasteiger partial charge in [-0.3, -0.25) is 0 Å². The highest BCUT2D eigenvalue weighted by atomic mass is 19.5. The normalized spacial score (nSPS) is 15.8. The van der Waals surface area contributed by atoms with E-state index in [1.54, 1.807) is 0 Å². The number of pyridine rings is 1. The summed E-state index contributed by atoms with van der Waals surface area (Å²) in [6.07, 6.45) is -48.2. The molecule has 0 atom stereocenters. The van der Waals surface area contributed by atoms with Gasteiger partial charge in [0.05, 0.1) is 5.56 Å². The number of hydrogen-bond donors (Lipinski definition) is 0. The number of hydrogen-bond acceptors (Lipinski definition) is 1. The lowest BCUT2D eigenvalue weighted by molar-refractivity contribution is -0.356. The van der Waals surface area contributed by atoms with Crippen molar-refractivity contribution in [2.75, 3.05) is 0 Å². The molecule has 0 aliphatic heterocycles. The maximum absolute atomic E-state index is 14.3. The summed E-state index contributed by atoms with van der Waals surface area (Å²) >= 11 is 0. The first kappa shape index (κ1) is 33.6. The minimum atomic E-state index is -8.13. The Labute approximate surface area is 190 Å². The van der Waals surface area contributed by atoms with E-state index in [9.17, 15) is 101 Å². The van der Waals surface area contributed by atoms with E-state index in [1.165, 1.54) is 0 Å². The third-order valence-electron chi connectivity index (χ3n) is 4.42. The highest BCUT2D eigenvalue weighted by molar-refractivity contribution is 5.40. The van der Waals surface area contributed by atoms with Crippen molar-refractivity contribution in [3.63, 3.8) is 0 Å². The average Bonchev–Trinajstić information content (AvgIpc) is 2.61. The summed E-state index contributed by atoms with van der Waals surface area (Å²) in [5.74, 6) is -10.0. The van der Waals surface area contributed by atoms with Crippen LogP contribution in [0.25, 0.3) is 0 Å². The molecule has 0 aliphatic rings. The zero-order chi connectivity index (χ0) is 31.1. The molecule has 1 aromatic heterocycles. The summed E-state index contributed by atoms with van der Waals surface area (Å²) in [5.41, 5.74) is -39.3. The number of halogens is 23. The Morgan fingerprint density at radius 1 is 0.316 bits per heavy atom. The Morgan fingerprint density at radius 2 is 0.500 bits per heavy atom. The van der Waals surface area contributed by atoms with Gasteiger partial charge >= 0.3 is 54.1 Å². The Kier molecular flexibility index (Phi) is 7.52. The molecule has 1 nitrogen and oxygen atoms in total. The van der Waals surface area contributed by atoms with Gasteiger partial charge in [-0.25, -0.2) is 26.9 Å². The lowest BCUT2D eigenvalue weighted by Gasteiger charge is -2.36. The minimum absolute atomic E-state index is 0.639. The van der Waals surface area contributed by atoms with Crippen molar-refractivity contribution in [1.29, 1.82) is 0 Å². The third-order valence-corrected chi connectivity index (χ3v) is 4.42. The van der Waals surface area contributed by atoms with Gasteiger partial charge in [-0.2, -0.15) is 79.0 Å². The molecule has 0 saturated carbocycles. The van der Waals surface area contributed by atoms with Crippen molar-refractivity contribution >= 4 is 0 Å². The summed E-state index contributed by atoms with van der Waals surface area (Å²) in [6, 6.07) is 0. The summed E-state index contributed by atoms with van der Waals surface area (Å²) in [5, 5.41) is 0. The fourth-order valence-corrected chi connectivity index (χ4v) is 2.60. The van der Waals surface area contributed by atoms with Crippen molar-refractivity contribution in [3.8, 4) is 0 Å². The largest absolute Gasteiger partial charge is 0.437 e. The van der Waals surface area contributed by atoms with Gasteiger partial charge in [0.15, 0.2) is 11.6 Å². The number of aromatic nitrogens is 1. The van der Waals surface area contributed by atoms with Crippen LogP contribution in [0.3, 0.4) is 0 Å². The Balaban J connectivity index is 4.86. The molecule has 0 spiro atoms. The van der Waals surface area contributed by atoms with Crippen molar-refractivity contribution in [3.05, 3.63) is 28.6 Å². The van der Waals surface area contributed by atoms with Gasteiger partial charge in [-0.05, 0) is 0 Å². The summed E-state index contributed by atoms with van der Waals surface area (Å²) in [6.45, 7) is 0. The third kappa shape index (κ3) is 4.43. The van der Waals surface area contributed by atoms with Gasteiger partial charge in [0.2, 0.25) is 0 Å². The van der Waals surface area contributed by atoms with E-state index < -0.39 is 82.6 Å². The first-order valence-electron chi connectivity index (χ1n) is 8.04. The van der Waals surface area contributed by atoms with E-state index in [0.717, 1.165) is 0 Å². The molecule has 0 aliphatic carbocycles. The second kappa shape index (κ2) is 8.52. The zero-order valence-corrected chi connectivity index (χ0v) is 16.1. The second-order valence-corrected chi connectivity index (χ2v) is 6.77. The molecule has 222 valence electrons.